The maximum Gasteiger partial charge on any atom is 0.408 e. The van der Waals surface area contributed by atoms with E-state index in [2.05, 4.69) is 9.97 Å². The Morgan fingerprint density at radius 3 is 2.77 bits per heavy atom. The molecule has 1 saturated heterocycles. The maximum absolute atomic E-state index is 13.8. The first-order valence-electron chi connectivity index (χ1n) is 9.64. The third-order valence-electron chi connectivity index (χ3n) is 5.42. The lowest BCUT2D eigenvalue weighted by Crippen LogP contribution is -2.52. The smallest absolute Gasteiger partial charge is 0.377 e. The van der Waals surface area contributed by atoms with Gasteiger partial charge < -0.3 is 14.5 Å². The highest BCUT2D eigenvalue weighted by molar-refractivity contribution is 6.29. The van der Waals surface area contributed by atoms with Gasteiger partial charge in [0.15, 0.2) is 0 Å². The van der Waals surface area contributed by atoms with Gasteiger partial charge in [-0.25, -0.2) is 4.98 Å². The van der Waals surface area contributed by atoms with E-state index >= 15 is 0 Å². The van der Waals surface area contributed by atoms with Crippen LogP contribution >= 0.6 is 11.6 Å². The number of nitrogens with zero attached hydrogens (tertiary/aromatic N) is 5. The van der Waals surface area contributed by atoms with E-state index < -0.39 is 12.2 Å². The lowest BCUT2D eigenvalue weighted by molar-refractivity contribution is -0.153. The van der Waals surface area contributed by atoms with Gasteiger partial charge in [0.25, 0.3) is 5.56 Å². The van der Waals surface area contributed by atoms with E-state index in [1.807, 2.05) is 11.8 Å². The first kappa shape index (κ1) is 20.9. The third-order valence-corrected chi connectivity index (χ3v) is 5.64. The van der Waals surface area contributed by atoms with Crippen LogP contribution in [0.3, 0.4) is 0 Å². The molecular formula is C19H21ClF3N5O2. The molecule has 0 aromatic carbocycles. The standard InChI is InChI=1S/C19H21ClF3N5O2/c1-12-11-30-7-6-26(12)16-8-17(29)27-5-4-14(19(21,22)23)28(18(27)25-16)10-13-2-3-15(20)24-9-13/h2-3,8-9,12,14H,4-7,10-11H2,1H3. The van der Waals surface area contributed by atoms with Crippen LogP contribution in [0, 0.1) is 0 Å². The second-order valence-electron chi connectivity index (χ2n) is 7.48. The van der Waals surface area contributed by atoms with E-state index in [9.17, 15) is 18.0 Å². The van der Waals surface area contributed by atoms with Crippen LogP contribution in [0.1, 0.15) is 18.9 Å². The van der Waals surface area contributed by atoms with Crippen LogP contribution in [0.2, 0.25) is 5.15 Å². The summed E-state index contributed by atoms with van der Waals surface area (Å²) in [4.78, 5) is 24.3. The van der Waals surface area contributed by atoms with Crippen LogP contribution in [-0.4, -0.2) is 52.6 Å². The van der Waals surface area contributed by atoms with Crippen LogP contribution in [0.5, 0.6) is 0 Å². The van der Waals surface area contributed by atoms with Gasteiger partial charge in [-0.15, -0.1) is 0 Å². The molecule has 0 spiro atoms. The van der Waals surface area contributed by atoms with Gasteiger partial charge in [-0.05, 0) is 25.0 Å². The van der Waals surface area contributed by atoms with Crippen LogP contribution in [0.4, 0.5) is 24.9 Å². The second-order valence-corrected chi connectivity index (χ2v) is 7.87. The van der Waals surface area contributed by atoms with Gasteiger partial charge >= 0.3 is 6.18 Å². The molecule has 0 aliphatic carbocycles. The normalized spacial score (nSPS) is 22.2. The quantitative estimate of drug-likeness (QED) is 0.680. The molecule has 0 saturated carbocycles. The van der Waals surface area contributed by atoms with Gasteiger partial charge in [-0.2, -0.15) is 18.2 Å². The molecule has 2 aromatic heterocycles. The Morgan fingerprint density at radius 1 is 1.30 bits per heavy atom. The van der Waals surface area contributed by atoms with Crippen molar-refractivity contribution in [2.75, 3.05) is 29.6 Å². The maximum atomic E-state index is 13.8. The molecule has 1 fully saturated rings. The lowest BCUT2D eigenvalue weighted by Gasteiger charge is -2.40. The summed E-state index contributed by atoms with van der Waals surface area (Å²) in [6.45, 7) is 3.23. The first-order valence-corrected chi connectivity index (χ1v) is 10.0. The van der Waals surface area contributed by atoms with E-state index in [1.54, 1.807) is 6.07 Å². The summed E-state index contributed by atoms with van der Waals surface area (Å²) in [6, 6.07) is 2.74. The summed E-state index contributed by atoms with van der Waals surface area (Å²) in [5.74, 6) is 0.379. The number of fused-ring (bicyclic) bond motifs is 1. The molecule has 2 atom stereocenters. The molecule has 2 aliphatic rings. The van der Waals surface area contributed by atoms with Crippen molar-refractivity contribution >= 4 is 23.4 Å². The van der Waals surface area contributed by atoms with E-state index in [4.69, 9.17) is 16.3 Å². The Hall–Kier alpha value is -2.33. The molecule has 0 N–H and O–H groups in total. The molecule has 162 valence electrons. The number of rotatable bonds is 3. The van der Waals surface area contributed by atoms with E-state index in [1.165, 1.54) is 22.9 Å². The van der Waals surface area contributed by atoms with Crippen LogP contribution in [-0.2, 0) is 17.8 Å². The van der Waals surface area contributed by atoms with Gasteiger partial charge in [-0.3, -0.25) is 9.36 Å². The molecular weight excluding hydrogens is 423 g/mol. The number of anilines is 2. The molecule has 11 heteroatoms. The predicted molar refractivity (Wildman–Crippen MR) is 106 cm³/mol. The number of morpholine rings is 1. The molecule has 0 amide bonds. The largest absolute Gasteiger partial charge is 0.408 e. The fourth-order valence-corrected chi connectivity index (χ4v) is 4.00. The highest BCUT2D eigenvalue weighted by atomic mass is 35.5. The number of halogens is 4. The van der Waals surface area contributed by atoms with Crippen molar-refractivity contribution < 1.29 is 17.9 Å². The van der Waals surface area contributed by atoms with Gasteiger partial charge in [0, 0.05) is 31.9 Å². The Balaban J connectivity index is 1.78. The van der Waals surface area contributed by atoms with E-state index in [0.29, 0.717) is 31.1 Å². The summed E-state index contributed by atoms with van der Waals surface area (Å²) in [7, 11) is 0. The molecule has 0 radical (unpaired) electrons. The van der Waals surface area contributed by atoms with Crippen molar-refractivity contribution in [2.45, 2.75) is 44.7 Å². The van der Waals surface area contributed by atoms with Crippen LogP contribution in [0.15, 0.2) is 29.2 Å². The minimum atomic E-state index is -4.47. The topological polar surface area (TPSA) is 63.5 Å². The number of aromatic nitrogens is 3. The van der Waals surface area contributed by atoms with Crippen LogP contribution in [0.25, 0.3) is 0 Å². The van der Waals surface area contributed by atoms with E-state index in [-0.39, 0.29) is 42.2 Å². The number of pyridine rings is 1. The van der Waals surface area contributed by atoms with Gasteiger partial charge in [0.2, 0.25) is 5.95 Å². The Kier molecular flexibility index (Phi) is 5.63. The molecule has 7 nitrogen and oxygen atoms in total. The monoisotopic (exact) mass is 443 g/mol. The molecule has 0 bridgehead atoms. The predicted octanol–water partition coefficient (Wildman–Crippen LogP) is 2.86. The van der Waals surface area contributed by atoms with Gasteiger partial charge in [0.1, 0.15) is 17.0 Å². The molecule has 2 aliphatic heterocycles. The average molecular weight is 444 g/mol. The summed E-state index contributed by atoms with van der Waals surface area (Å²) < 4.78 is 48.3. The number of hydrogen-bond donors (Lipinski definition) is 0. The van der Waals surface area contributed by atoms with Crippen molar-refractivity contribution in [3.63, 3.8) is 0 Å². The summed E-state index contributed by atoms with van der Waals surface area (Å²) in [5.41, 5.74) is 0.176. The zero-order valence-corrected chi connectivity index (χ0v) is 17.0. The first-order chi connectivity index (χ1) is 14.2. The lowest BCUT2D eigenvalue weighted by atomic mass is 10.1. The summed E-state index contributed by atoms with van der Waals surface area (Å²) in [5, 5.41) is 0.253. The van der Waals surface area contributed by atoms with Crippen molar-refractivity contribution in [3.05, 3.63) is 45.5 Å². The van der Waals surface area contributed by atoms with Crippen molar-refractivity contribution in [3.8, 4) is 0 Å². The minimum absolute atomic E-state index is 0.0136. The van der Waals surface area contributed by atoms with Gasteiger partial charge in [0.05, 0.1) is 19.3 Å². The summed E-state index contributed by atoms with van der Waals surface area (Å²) in [6.07, 6.45) is -3.27. The Morgan fingerprint density at radius 2 is 2.10 bits per heavy atom. The highest BCUT2D eigenvalue weighted by Gasteiger charge is 2.47. The fourth-order valence-electron chi connectivity index (χ4n) is 3.89. The SMILES string of the molecule is CC1COCCN1c1cc(=O)n2c(n1)N(Cc1ccc(Cl)nc1)C(C(F)(F)F)CC2. The van der Waals surface area contributed by atoms with Crippen molar-refractivity contribution in [1.82, 2.24) is 14.5 Å². The molecule has 4 rings (SSSR count). The average Bonchev–Trinajstić information content (AvgIpc) is 2.69. The molecule has 2 unspecified atom stereocenters. The Bertz CT molecular complexity index is 966. The van der Waals surface area contributed by atoms with Crippen molar-refractivity contribution in [1.29, 1.82) is 0 Å². The van der Waals surface area contributed by atoms with E-state index in [0.717, 1.165) is 4.90 Å². The number of ether oxygens (including phenoxy) is 1. The fraction of sp³-hybridized carbons (Fsp3) is 0.526. The number of hydrogen-bond acceptors (Lipinski definition) is 6. The third kappa shape index (κ3) is 4.11. The minimum Gasteiger partial charge on any atom is -0.377 e. The zero-order chi connectivity index (χ0) is 21.5. The molecule has 4 heterocycles. The van der Waals surface area contributed by atoms with Gasteiger partial charge in [-0.1, -0.05) is 17.7 Å². The highest BCUT2D eigenvalue weighted by Crippen LogP contribution is 2.35. The molecule has 30 heavy (non-hydrogen) atoms. The van der Waals surface area contributed by atoms with Crippen LogP contribution < -0.4 is 15.4 Å². The molecule has 2 aromatic rings. The number of alkyl halides is 3. The Labute approximate surface area is 176 Å². The van der Waals surface area contributed by atoms with Crippen molar-refractivity contribution in [2.24, 2.45) is 0 Å². The zero-order valence-electron chi connectivity index (χ0n) is 16.3. The summed E-state index contributed by atoms with van der Waals surface area (Å²) >= 11 is 5.80. The second kappa shape index (κ2) is 8.07.